The Kier molecular flexibility index (Phi) is 3.16. The van der Waals surface area contributed by atoms with E-state index in [9.17, 15) is 13.2 Å². The van der Waals surface area contributed by atoms with E-state index < -0.39 is 11.3 Å². The predicted octanol–water partition coefficient (Wildman–Crippen LogP) is 3.83. The van der Waals surface area contributed by atoms with Gasteiger partial charge >= 0.3 is 6.18 Å². The van der Waals surface area contributed by atoms with Gasteiger partial charge in [0, 0.05) is 0 Å². The molecule has 0 heterocycles. The van der Waals surface area contributed by atoms with Crippen LogP contribution in [0.4, 0.5) is 18.9 Å². The Bertz CT molecular complexity index is 357. The van der Waals surface area contributed by atoms with Crippen molar-refractivity contribution < 1.29 is 13.2 Å². The molecule has 0 aliphatic rings. The zero-order chi connectivity index (χ0) is 10.8. The van der Waals surface area contributed by atoms with Crippen molar-refractivity contribution >= 4 is 22.5 Å². The number of alkyl halides is 3. The Balaban J connectivity index is 2.98. The molecule has 1 aromatic rings. The molecule has 1 aromatic carbocycles. The summed E-state index contributed by atoms with van der Waals surface area (Å²) in [5.74, 6) is 0. The normalized spacial score (nSPS) is 13.1. The first-order valence-electron chi connectivity index (χ1n) is 3.77. The highest BCUT2D eigenvalue weighted by Gasteiger charge is 2.34. The summed E-state index contributed by atoms with van der Waals surface area (Å²) in [4.78, 5) is 3.25. The maximum absolute atomic E-state index is 12.0. The molecule has 0 bridgehead atoms. The van der Waals surface area contributed by atoms with Crippen molar-refractivity contribution in [1.82, 2.24) is 0 Å². The van der Waals surface area contributed by atoms with Crippen LogP contribution < -0.4 is 0 Å². The largest absolute Gasteiger partial charge is 0.444 e. The first kappa shape index (κ1) is 11.0. The molecule has 0 aliphatic heterocycles. The topological polar surface area (TPSA) is 12.4 Å². The van der Waals surface area contributed by atoms with Gasteiger partial charge in [-0.05, 0) is 24.6 Å². The lowest BCUT2D eigenvalue weighted by Crippen LogP contribution is -2.16. The number of aryl methyl sites for hydroxylation is 1. The predicted molar refractivity (Wildman–Crippen MR) is 50.2 cm³/mol. The molecule has 0 radical (unpaired) electrons. The second-order valence-electron chi connectivity index (χ2n) is 2.74. The minimum absolute atomic E-state index is 0.201. The molecule has 0 unspecified atom stereocenters. The Morgan fingerprint density at radius 3 is 2.50 bits per heavy atom. The van der Waals surface area contributed by atoms with E-state index in [1.807, 2.05) is 0 Å². The Morgan fingerprint density at radius 1 is 1.36 bits per heavy atom. The molecular formula is C9H7ClF3N. The molecule has 0 N–H and O–H groups in total. The summed E-state index contributed by atoms with van der Waals surface area (Å²) < 4.78 is 35.9. The monoisotopic (exact) mass is 221 g/mol. The minimum atomic E-state index is -4.58. The van der Waals surface area contributed by atoms with Crippen molar-refractivity contribution in [2.75, 3.05) is 0 Å². The van der Waals surface area contributed by atoms with Crippen molar-refractivity contribution in [2.45, 2.75) is 13.1 Å². The molecule has 1 nitrogen and oxygen atoms in total. The van der Waals surface area contributed by atoms with Crippen LogP contribution in [0.15, 0.2) is 29.3 Å². The summed E-state index contributed by atoms with van der Waals surface area (Å²) in [6, 6.07) is 6.37. The Morgan fingerprint density at radius 2 is 2.00 bits per heavy atom. The zero-order valence-electron chi connectivity index (χ0n) is 7.27. The molecule has 14 heavy (non-hydrogen) atoms. The highest BCUT2D eigenvalue weighted by molar-refractivity contribution is 6.67. The fourth-order valence-corrected chi connectivity index (χ4v) is 0.972. The second kappa shape index (κ2) is 4.00. The molecule has 0 aromatic heterocycles. The van der Waals surface area contributed by atoms with Crippen molar-refractivity contribution in [2.24, 2.45) is 4.99 Å². The fraction of sp³-hybridized carbons (Fsp3) is 0.222. The third-order valence-electron chi connectivity index (χ3n) is 1.46. The second-order valence-corrected chi connectivity index (χ2v) is 3.10. The van der Waals surface area contributed by atoms with Gasteiger partial charge in [-0.1, -0.05) is 23.7 Å². The summed E-state index contributed by atoms with van der Waals surface area (Å²) >= 11 is 4.97. The molecular weight excluding hydrogens is 215 g/mol. The van der Waals surface area contributed by atoms with Crippen LogP contribution in [0, 0.1) is 6.92 Å². The van der Waals surface area contributed by atoms with E-state index in [1.54, 1.807) is 19.1 Å². The maximum Gasteiger partial charge on any atom is 0.444 e. The summed E-state index contributed by atoms with van der Waals surface area (Å²) in [7, 11) is 0. The third kappa shape index (κ3) is 3.03. The summed E-state index contributed by atoms with van der Waals surface area (Å²) in [5.41, 5.74) is 1.03. The number of rotatable bonds is 1. The van der Waals surface area contributed by atoms with Gasteiger partial charge in [-0.25, -0.2) is 4.99 Å². The summed E-state index contributed by atoms with van der Waals surface area (Å²) in [5, 5.41) is -1.36. The van der Waals surface area contributed by atoms with E-state index in [4.69, 9.17) is 11.6 Å². The molecule has 0 aliphatic carbocycles. The van der Waals surface area contributed by atoms with Crippen molar-refractivity contribution in [3.8, 4) is 0 Å². The van der Waals surface area contributed by atoms with Crippen molar-refractivity contribution in [3.63, 3.8) is 0 Å². The van der Waals surface area contributed by atoms with Crippen LogP contribution in [-0.4, -0.2) is 11.3 Å². The van der Waals surface area contributed by atoms with Crippen LogP contribution in [0.3, 0.4) is 0 Å². The molecule has 0 amide bonds. The Labute approximate surface area is 84.2 Å². The maximum atomic E-state index is 12.0. The zero-order valence-corrected chi connectivity index (χ0v) is 8.02. The van der Waals surface area contributed by atoms with E-state index in [2.05, 4.69) is 4.99 Å². The van der Waals surface area contributed by atoms with Crippen LogP contribution in [0.5, 0.6) is 0 Å². The van der Waals surface area contributed by atoms with Crippen molar-refractivity contribution in [3.05, 3.63) is 29.8 Å². The average molecular weight is 222 g/mol. The van der Waals surface area contributed by atoms with E-state index >= 15 is 0 Å². The summed E-state index contributed by atoms with van der Waals surface area (Å²) in [6.07, 6.45) is -4.58. The van der Waals surface area contributed by atoms with Gasteiger partial charge < -0.3 is 0 Å². The molecule has 0 saturated carbocycles. The number of aliphatic imine (C=N–C) groups is 1. The van der Waals surface area contributed by atoms with Crippen molar-refractivity contribution in [1.29, 1.82) is 0 Å². The SMILES string of the molecule is Cc1cccc(/N=C(/Cl)C(F)(F)F)c1. The van der Waals surface area contributed by atoms with Gasteiger partial charge in [-0.3, -0.25) is 0 Å². The molecule has 76 valence electrons. The first-order valence-corrected chi connectivity index (χ1v) is 4.15. The lowest BCUT2D eigenvalue weighted by atomic mass is 10.2. The van der Waals surface area contributed by atoms with Gasteiger partial charge in [0.2, 0.25) is 5.17 Å². The number of hydrogen-bond acceptors (Lipinski definition) is 1. The lowest BCUT2D eigenvalue weighted by Gasteiger charge is -2.03. The molecule has 0 saturated heterocycles. The minimum Gasteiger partial charge on any atom is -0.232 e. The fourth-order valence-electron chi connectivity index (χ4n) is 0.874. The smallest absolute Gasteiger partial charge is 0.232 e. The van der Waals surface area contributed by atoms with Gasteiger partial charge in [0.1, 0.15) is 0 Å². The van der Waals surface area contributed by atoms with Crippen LogP contribution in [0.25, 0.3) is 0 Å². The Hall–Kier alpha value is -1.03. The van der Waals surface area contributed by atoms with E-state index in [0.29, 0.717) is 0 Å². The van der Waals surface area contributed by atoms with Gasteiger partial charge in [0.15, 0.2) is 0 Å². The van der Waals surface area contributed by atoms with E-state index in [-0.39, 0.29) is 5.69 Å². The first-order chi connectivity index (χ1) is 6.39. The molecule has 0 spiro atoms. The van der Waals surface area contributed by atoms with Crippen LogP contribution in [0.2, 0.25) is 0 Å². The summed E-state index contributed by atoms with van der Waals surface area (Å²) in [6.45, 7) is 1.76. The average Bonchev–Trinajstić information content (AvgIpc) is 2.02. The van der Waals surface area contributed by atoms with Gasteiger partial charge in [-0.15, -0.1) is 0 Å². The number of benzene rings is 1. The molecule has 0 atom stereocenters. The van der Waals surface area contributed by atoms with Gasteiger partial charge in [-0.2, -0.15) is 13.2 Å². The lowest BCUT2D eigenvalue weighted by molar-refractivity contribution is -0.0558. The number of hydrogen-bond donors (Lipinski definition) is 0. The van der Waals surface area contributed by atoms with Crippen LogP contribution >= 0.6 is 11.6 Å². The molecule has 1 rings (SSSR count). The molecule has 5 heteroatoms. The standard InChI is InChI=1S/C9H7ClF3N/c1-6-3-2-4-7(5-6)14-8(10)9(11,12)13/h2-5H,1H3/b14-8+. The number of nitrogens with zero attached hydrogens (tertiary/aromatic N) is 1. The van der Waals surface area contributed by atoms with Crippen LogP contribution in [0.1, 0.15) is 5.56 Å². The highest BCUT2D eigenvalue weighted by Crippen LogP contribution is 2.23. The molecule has 0 fully saturated rings. The van der Waals surface area contributed by atoms with Gasteiger partial charge in [0.25, 0.3) is 0 Å². The highest BCUT2D eigenvalue weighted by atomic mass is 35.5. The quantitative estimate of drug-likeness (QED) is 0.639. The van der Waals surface area contributed by atoms with E-state index in [0.717, 1.165) is 5.56 Å². The van der Waals surface area contributed by atoms with Crippen LogP contribution in [-0.2, 0) is 0 Å². The number of halogens is 4. The van der Waals surface area contributed by atoms with E-state index in [1.165, 1.54) is 12.1 Å². The third-order valence-corrected chi connectivity index (χ3v) is 1.76. The van der Waals surface area contributed by atoms with Gasteiger partial charge in [0.05, 0.1) is 5.69 Å².